The summed E-state index contributed by atoms with van der Waals surface area (Å²) < 4.78 is 1.31. The van der Waals surface area contributed by atoms with Crippen molar-refractivity contribution in [2.75, 3.05) is 0 Å². The largest absolute Gasteiger partial charge is 0.271 e. The first-order chi connectivity index (χ1) is 10.4. The smallest absolute Gasteiger partial charge is 0.0558 e. The summed E-state index contributed by atoms with van der Waals surface area (Å²) in [5.74, 6) is 6.27. The summed E-state index contributed by atoms with van der Waals surface area (Å²) >= 11 is 1.78. The Balaban J connectivity index is 1.79. The van der Waals surface area contributed by atoms with Crippen molar-refractivity contribution in [2.24, 2.45) is 5.84 Å². The number of nitrogens with zero attached hydrogens (tertiary/aromatic N) is 1. The molecule has 2 aromatic heterocycles. The number of aryl methyl sites for hydroxylation is 1. The van der Waals surface area contributed by atoms with Gasteiger partial charge in [-0.2, -0.15) is 0 Å². The van der Waals surface area contributed by atoms with Gasteiger partial charge in [-0.15, -0.1) is 11.3 Å². The van der Waals surface area contributed by atoms with Crippen LogP contribution in [-0.4, -0.2) is 4.98 Å². The van der Waals surface area contributed by atoms with Crippen LogP contribution < -0.4 is 11.3 Å². The minimum atomic E-state index is 0.122. The van der Waals surface area contributed by atoms with Crippen molar-refractivity contribution in [2.45, 2.75) is 24.8 Å². The second kappa shape index (κ2) is 5.22. The number of nitrogens with two attached hydrogens (primary N) is 1. The summed E-state index contributed by atoms with van der Waals surface area (Å²) in [6.07, 6.45) is 4.08. The molecule has 0 bridgehead atoms. The molecule has 0 radical (unpaired) electrons. The lowest BCUT2D eigenvalue weighted by Gasteiger charge is -2.23. The topological polar surface area (TPSA) is 50.9 Å². The van der Waals surface area contributed by atoms with Gasteiger partial charge >= 0.3 is 0 Å². The molecule has 2 unspecified atom stereocenters. The number of hydrogen-bond acceptors (Lipinski definition) is 4. The first kappa shape index (κ1) is 13.0. The summed E-state index contributed by atoms with van der Waals surface area (Å²) in [7, 11) is 0. The maximum atomic E-state index is 5.92. The molecule has 1 aromatic carbocycles. The van der Waals surface area contributed by atoms with Crippen molar-refractivity contribution < 1.29 is 0 Å². The monoisotopic (exact) mass is 295 g/mol. The van der Waals surface area contributed by atoms with Crippen molar-refractivity contribution in [3.8, 4) is 0 Å². The quantitative estimate of drug-likeness (QED) is 0.574. The van der Waals surface area contributed by atoms with Gasteiger partial charge in [0.05, 0.1) is 6.04 Å². The van der Waals surface area contributed by atoms with Gasteiger partial charge in [0.1, 0.15) is 0 Å². The number of thiophene rings is 1. The molecule has 3 nitrogen and oxygen atoms in total. The maximum Gasteiger partial charge on any atom is 0.0558 e. The molecule has 3 aromatic rings. The Kier molecular flexibility index (Phi) is 3.22. The summed E-state index contributed by atoms with van der Waals surface area (Å²) in [6.45, 7) is 0. The predicted octanol–water partition coefficient (Wildman–Crippen LogP) is 3.53. The molecule has 0 saturated carbocycles. The van der Waals surface area contributed by atoms with Crippen LogP contribution in [0, 0.1) is 0 Å². The van der Waals surface area contributed by atoms with Gasteiger partial charge in [-0.3, -0.25) is 16.3 Å². The number of aromatic nitrogens is 1. The highest BCUT2D eigenvalue weighted by atomic mass is 32.1. The van der Waals surface area contributed by atoms with Crippen LogP contribution in [0.4, 0.5) is 0 Å². The predicted molar refractivity (Wildman–Crippen MR) is 87.2 cm³/mol. The molecule has 1 aliphatic carbocycles. The van der Waals surface area contributed by atoms with Crippen LogP contribution in [0.25, 0.3) is 10.1 Å². The highest BCUT2D eigenvalue weighted by Gasteiger charge is 2.32. The molecule has 2 atom stereocenters. The molecule has 4 rings (SSSR count). The molecule has 3 N–H and O–H groups in total. The van der Waals surface area contributed by atoms with E-state index in [2.05, 4.69) is 46.1 Å². The fraction of sp³-hybridized carbons (Fsp3) is 0.235. The zero-order valence-corrected chi connectivity index (χ0v) is 12.4. The second-order valence-electron chi connectivity index (χ2n) is 5.52. The van der Waals surface area contributed by atoms with E-state index >= 15 is 0 Å². The Labute approximate surface area is 127 Å². The number of nitrogens with one attached hydrogen (secondary N) is 1. The van der Waals surface area contributed by atoms with Crippen LogP contribution in [-0.2, 0) is 6.42 Å². The van der Waals surface area contributed by atoms with Crippen molar-refractivity contribution in [3.05, 3.63) is 64.8 Å². The van der Waals surface area contributed by atoms with Crippen LogP contribution in [0.15, 0.2) is 48.0 Å². The van der Waals surface area contributed by atoms with Gasteiger partial charge in [-0.25, -0.2) is 0 Å². The molecule has 4 heteroatoms. The van der Waals surface area contributed by atoms with Gasteiger partial charge in [0.25, 0.3) is 0 Å². The molecular weight excluding hydrogens is 278 g/mol. The van der Waals surface area contributed by atoms with Crippen LogP contribution in [0.3, 0.4) is 0 Å². The third kappa shape index (κ3) is 2.07. The van der Waals surface area contributed by atoms with Crippen molar-refractivity contribution in [1.29, 1.82) is 0 Å². The molecule has 0 fully saturated rings. The Bertz CT molecular complexity index is 780. The van der Waals surface area contributed by atoms with E-state index in [4.69, 9.17) is 5.84 Å². The molecule has 21 heavy (non-hydrogen) atoms. The van der Waals surface area contributed by atoms with Gasteiger partial charge in [0.15, 0.2) is 0 Å². The first-order valence-corrected chi connectivity index (χ1v) is 8.12. The van der Waals surface area contributed by atoms with E-state index in [1.54, 1.807) is 11.3 Å². The van der Waals surface area contributed by atoms with Crippen LogP contribution in [0.2, 0.25) is 0 Å². The fourth-order valence-corrected chi connectivity index (χ4v) is 4.43. The Morgan fingerprint density at radius 1 is 1.24 bits per heavy atom. The summed E-state index contributed by atoms with van der Waals surface area (Å²) in [6, 6.07) is 12.8. The van der Waals surface area contributed by atoms with E-state index in [-0.39, 0.29) is 6.04 Å². The zero-order chi connectivity index (χ0) is 14.2. The lowest BCUT2D eigenvalue weighted by atomic mass is 9.91. The summed E-state index contributed by atoms with van der Waals surface area (Å²) in [5.41, 5.74) is 6.91. The number of hydrogen-bond donors (Lipinski definition) is 2. The lowest BCUT2D eigenvalue weighted by Crippen LogP contribution is -2.32. The molecule has 0 saturated heterocycles. The lowest BCUT2D eigenvalue weighted by molar-refractivity contribution is 0.450. The minimum Gasteiger partial charge on any atom is -0.271 e. The molecule has 0 spiro atoms. The zero-order valence-electron chi connectivity index (χ0n) is 11.6. The summed E-state index contributed by atoms with van der Waals surface area (Å²) in [4.78, 5) is 4.61. The second-order valence-corrected chi connectivity index (χ2v) is 6.44. The van der Waals surface area contributed by atoms with E-state index in [1.165, 1.54) is 26.9 Å². The molecule has 106 valence electrons. The van der Waals surface area contributed by atoms with E-state index in [9.17, 15) is 0 Å². The highest BCUT2D eigenvalue weighted by Crippen LogP contribution is 2.43. The Morgan fingerprint density at radius 2 is 2.14 bits per heavy atom. The third-order valence-electron chi connectivity index (χ3n) is 4.43. The average Bonchev–Trinajstić information content (AvgIpc) is 3.14. The Morgan fingerprint density at radius 3 is 3.05 bits per heavy atom. The highest BCUT2D eigenvalue weighted by molar-refractivity contribution is 7.17. The third-order valence-corrected chi connectivity index (χ3v) is 5.41. The average molecular weight is 295 g/mol. The van der Waals surface area contributed by atoms with Gasteiger partial charge < -0.3 is 0 Å². The van der Waals surface area contributed by atoms with Crippen molar-refractivity contribution in [1.82, 2.24) is 10.4 Å². The molecule has 2 heterocycles. The van der Waals surface area contributed by atoms with Crippen molar-refractivity contribution >= 4 is 21.4 Å². The van der Waals surface area contributed by atoms with E-state index in [0.717, 1.165) is 12.8 Å². The molecular formula is C17H17N3S. The SMILES string of the molecule is NNC(c1csc2ccccc12)C1CCc2cccnc21. The van der Waals surface area contributed by atoms with Gasteiger partial charge in [-0.1, -0.05) is 24.3 Å². The van der Waals surface area contributed by atoms with Crippen LogP contribution in [0.5, 0.6) is 0 Å². The van der Waals surface area contributed by atoms with Gasteiger partial charge in [0, 0.05) is 22.5 Å². The molecule has 0 amide bonds. The first-order valence-electron chi connectivity index (χ1n) is 7.24. The van der Waals surface area contributed by atoms with Crippen LogP contribution in [0.1, 0.15) is 35.2 Å². The van der Waals surface area contributed by atoms with Crippen molar-refractivity contribution in [3.63, 3.8) is 0 Å². The van der Waals surface area contributed by atoms with Gasteiger partial charge in [-0.05, 0) is 46.9 Å². The van der Waals surface area contributed by atoms with E-state index in [0.29, 0.717) is 5.92 Å². The number of hydrazine groups is 1. The number of rotatable bonds is 3. The summed E-state index contributed by atoms with van der Waals surface area (Å²) in [5, 5.41) is 3.53. The fourth-order valence-electron chi connectivity index (χ4n) is 3.43. The standard InChI is InChI=1S/C17H17N3S/c18-20-17(13-8-7-11-4-3-9-19-16(11)13)14-10-21-15-6-2-1-5-12(14)15/h1-6,9-10,13,17,20H,7-8,18H2. The normalized spacial score (nSPS) is 18.8. The van der Waals surface area contributed by atoms with E-state index < -0.39 is 0 Å². The Hall–Kier alpha value is -1.75. The minimum absolute atomic E-state index is 0.122. The number of benzene rings is 1. The number of fused-ring (bicyclic) bond motifs is 2. The van der Waals surface area contributed by atoms with Crippen LogP contribution >= 0.6 is 11.3 Å². The molecule has 0 aliphatic heterocycles. The maximum absolute atomic E-state index is 5.92. The van der Waals surface area contributed by atoms with E-state index in [1.807, 2.05) is 12.3 Å². The van der Waals surface area contributed by atoms with Gasteiger partial charge in [0.2, 0.25) is 0 Å². The molecule has 1 aliphatic rings. The number of pyridine rings is 1.